The number of hydrogen-bond acceptors (Lipinski definition) is 3. The maximum atomic E-state index is 13.4. The molecule has 0 atom stereocenters. The van der Waals surface area contributed by atoms with Crippen molar-refractivity contribution >= 4 is 17.8 Å². The first-order valence-corrected chi connectivity index (χ1v) is 15.3. The second-order valence-electron chi connectivity index (χ2n) is 14.4. The second-order valence-corrected chi connectivity index (χ2v) is 14.4. The summed E-state index contributed by atoms with van der Waals surface area (Å²) in [4.78, 5) is 38.3. The van der Waals surface area contributed by atoms with Gasteiger partial charge in [0.05, 0.1) is 11.0 Å². The van der Waals surface area contributed by atoms with E-state index >= 15 is 0 Å². The first-order valence-electron chi connectivity index (χ1n) is 15.3. The molecule has 0 aliphatic heterocycles. The Bertz CT molecular complexity index is 1300. The van der Waals surface area contributed by atoms with E-state index < -0.39 is 11.4 Å². The molecule has 0 unspecified atom stereocenters. The van der Waals surface area contributed by atoms with Crippen LogP contribution in [-0.4, -0.2) is 39.5 Å². The SMILES string of the molecule is Cc1c(C(=O)NCCC(C)(C)C(=O)O)cc(-c2cc(C(=O)NC(C)(C)C)cc(C3(C)CC3)c2)n1CC1CCCCC1. The Morgan fingerprint density at radius 2 is 1.63 bits per heavy atom. The minimum Gasteiger partial charge on any atom is -0.481 e. The van der Waals surface area contributed by atoms with Gasteiger partial charge in [-0.15, -0.1) is 0 Å². The average molecular weight is 564 g/mol. The number of nitrogens with one attached hydrogen (secondary N) is 2. The molecule has 0 radical (unpaired) electrons. The van der Waals surface area contributed by atoms with Crippen LogP contribution in [0.25, 0.3) is 11.3 Å². The summed E-state index contributed by atoms with van der Waals surface area (Å²) in [5.74, 6) is -0.609. The molecule has 0 spiro atoms. The summed E-state index contributed by atoms with van der Waals surface area (Å²) >= 11 is 0. The van der Waals surface area contributed by atoms with Crippen LogP contribution in [0.4, 0.5) is 0 Å². The summed E-state index contributed by atoms with van der Waals surface area (Å²) in [5, 5.41) is 15.5. The monoisotopic (exact) mass is 563 g/mol. The number of aromatic nitrogens is 1. The molecule has 4 rings (SSSR count). The third-order valence-electron chi connectivity index (χ3n) is 9.07. The van der Waals surface area contributed by atoms with E-state index in [1.165, 1.54) is 37.7 Å². The van der Waals surface area contributed by atoms with Gasteiger partial charge in [-0.05, 0) is 120 Å². The van der Waals surface area contributed by atoms with Crippen LogP contribution in [-0.2, 0) is 16.8 Å². The van der Waals surface area contributed by atoms with E-state index in [0.717, 1.165) is 36.3 Å². The van der Waals surface area contributed by atoms with Gasteiger partial charge in [0.1, 0.15) is 0 Å². The lowest BCUT2D eigenvalue weighted by Gasteiger charge is -2.25. The van der Waals surface area contributed by atoms with Crippen molar-refractivity contribution in [3.05, 3.63) is 46.6 Å². The van der Waals surface area contributed by atoms with Gasteiger partial charge in [-0.2, -0.15) is 0 Å². The first kappa shape index (κ1) is 30.9. The second kappa shape index (κ2) is 11.7. The molecule has 2 aliphatic carbocycles. The summed E-state index contributed by atoms with van der Waals surface area (Å²) in [6.45, 7) is 14.7. The topological polar surface area (TPSA) is 100 Å². The minimum atomic E-state index is -0.913. The van der Waals surface area contributed by atoms with Crippen LogP contribution < -0.4 is 10.6 Å². The molecule has 224 valence electrons. The maximum absolute atomic E-state index is 13.4. The zero-order valence-corrected chi connectivity index (χ0v) is 26.1. The van der Waals surface area contributed by atoms with Gasteiger partial charge < -0.3 is 20.3 Å². The maximum Gasteiger partial charge on any atom is 0.309 e. The van der Waals surface area contributed by atoms with Crippen LogP contribution in [0.3, 0.4) is 0 Å². The highest BCUT2D eigenvalue weighted by atomic mass is 16.4. The highest BCUT2D eigenvalue weighted by Crippen LogP contribution is 2.48. The Morgan fingerprint density at radius 1 is 0.976 bits per heavy atom. The Balaban J connectivity index is 1.73. The van der Waals surface area contributed by atoms with Crippen molar-refractivity contribution in [3.63, 3.8) is 0 Å². The van der Waals surface area contributed by atoms with Crippen molar-refractivity contribution in [2.24, 2.45) is 11.3 Å². The smallest absolute Gasteiger partial charge is 0.309 e. The lowest BCUT2D eigenvalue weighted by Crippen LogP contribution is -2.40. The molecule has 2 saturated carbocycles. The molecule has 0 bridgehead atoms. The summed E-state index contributed by atoms with van der Waals surface area (Å²) in [7, 11) is 0. The number of carboxylic acid groups (broad SMARTS) is 1. The van der Waals surface area contributed by atoms with E-state index in [2.05, 4.69) is 28.2 Å². The standard InChI is InChI=1S/C34H49N3O4/c1-22-27(30(39)35-16-15-33(5,6)31(40)41)20-28(37(22)21-23-11-9-8-10-12-23)24-17-25(29(38)36-32(2,3)4)19-26(18-24)34(7)13-14-34/h17-20,23H,8-16,21H2,1-7H3,(H,35,39)(H,36,38)(H,40,41). The molecule has 0 saturated heterocycles. The molecule has 3 N–H and O–H groups in total. The number of amides is 2. The van der Waals surface area contributed by atoms with Gasteiger partial charge >= 0.3 is 5.97 Å². The van der Waals surface area contributed by atoms with Crippen molar-refractivity contribution in [2.75, 3.05) is 6.54 Å². The van der Waals surface area contributed by atoms with Gasteiger partial charge in [0.25, 0.3) is 11.8 Å². The number of hydrogen-bond donors (Lipinski definition) is 3. The fourth-order valence-electron chi connectivity index (χ4n) is 5.81. The third kappa shape index (κ3) is 7.41. The molecule has 7 heteroatoms. The van der Waals surface area contributed by atoms with Crippen molar-refractivity contribution in [1.29, 1.82) is 0 Å². The van der Waals surface area contributed by atoms with Crippen molar-refractivity contribution in [1.82, 2.24) is 15.2 Å². The zero-order valence-electron chi connectivity index (χ0n) is 26.1. The Morgan fingerprint density at radius 3 is 2.22 bits per heavy atom. The number of aliphatic carboxylic acids is 1. The summed E-state index contributed by atoms with van der Waals surface area (Å²) < 4.78 is 2.28. The molecule has 7 nitrogen and oxygen atoms in total. The lowest BCUT2D eigenvalue weighted by molar-refractivity contribution is -0.147. The Labute approximate surface area is 245 Å². The molecule has 2 fully saturated rings. The molecule has 1 heterocycles. The molecule has 1 aromatic heterocycles. The van der Waals surface area contributed by atoms with Gasteiger partial charge in [0, 0.05) is 35.6 Å². The number of benzene rings is 1. The van der Waals surface area contributed by atoms with Crippen LogP contribution in [0.1, 0.15) is 125 Å². The normalized spacial score (nSPS) is 17.2. The van der Waals surface area contributed by atoms with Gasteiger partial charge in [-0.1, -0.05) is 26.2 Å². The minimum absolute atomic E-state index is 0.0692. The van der Waals surface area contributed by atoms with Crippen LogP contribution in [0.15, 0.2) is 24.3 Å². The van der Waals surface area contributed by atoms with E-state index in [9.17, 15) is 19.5 Å². The number of carbonyl (C=O) groups excluding carboxylic acids is 2. The molecule has 41 heavy (non-hydrogen) atoms. The Kier molecular flexibility index (Phi) is 8.77. The van der Waals surface area contributed by atoms with E-state index in [1.54, 1.807) is 13.8 Å². The molecule has 2 amide bonds. The predicted octanol–water partition coefficient (Wildman–Crippen LogP) is 6.85. The first-order chi connectivity index (χ1) is 19.1. The fourth-order valence-corrected chi connectivity index (χ4v) is 5.81. The van der Waals surface area contributed by atoms with Gasteiger partial charge in [-0.25, -0.2) is 0 Å². The number of carbonyl (C=O) groups is 3. The molecular formula is C34H49N3O4. The average Bonchev–Trinajstić information content (AvgIpc) is 3.57. The fraction of sp³-hybridized carbons (Fsp3) is 0.618. The highest BCUT2D eigenvalue weighted by Gasteiger charge is 2.40. The van der Waals surface area contributed by atoms with Gasteiger partial charge in [-0.3, -0.25) is 14.4 Å². The quantitative estimate of drug-likeness (QED) is 0.294. The highest BCUT2D eigenvalue weighted by molar-refractivity contribution is 5.98. The summed E-state index contributed by atoms with van der Waals surface area (Å²) in [5.41, 5.74) is 4.04. The molecule has 2 aromatic rings. The van der Waals surface area contributed by atoms with Crippen LogP contribution in [0.2, 0.25) is 0 Å². The van der Waals surface area contributed by atoms with Crippen LogP contribution >= 0.6 is 0 Å². The lowest BCUT2D eigenvalue weighted by atomic mass is 9.89. The number of carboxylic acids is 1. The number of rotatable bonds is 10. The predicted molar refractivity (Wildman–Crippen MR) is 163 cm³/mol. The van der Waals surface area contributed by atoms with Gasteiger partial charge in [0.2, 0.25) is 0 Å². The zero-order chi connectivity index (χ0) is 30.2. The van der Waals surface area contributed by atoms with E-state index in [0.29, 0.717) is 23.5 Å². The molecular weight excluding hydrogens is 514 g/mol. The third-order valence-corrected chi connectivity index (χ3v) is 9.07. The van der Waals surface area contributed by atoms with E-state index in [4.69, 9.17) is 0 Å². The number of nitrogens with zero attached hydrogens (tertiary/aromatic N) is 1. The van der Waals surface area contributed by atoms with Gasteiger partial charge in [0.15, 0.2) is 0 Å². The van der Waals surface area contributed by atoms with Crippen molar-refractivity contribution < 1.29 is 19.5 Å². The Hall–Kier alpha value is -3.09. The molecule has 2 aliphatic rings. The van der Waals surface area contributed by atoms with Crippen LogP contribution in [0, 0.1) is 18.3 Å². The van der Waals surface area contributed by atoms with Crippen molar-refractivity contribution in [3.8, 4) is 11.3 Å². The van der Waals surface area contributed by atoms with E-state index in [1.807, 2.05) is 45.9 Å². The van der Waals surface area contributed by atoms with Crippen molar-refractivity contribution in [2.45, 2.75) is 117 Å². The molecule has 1 aromatic carbocycles. The van der Waals surface area contributed by atoms with Crippen LogP contribution in [0.5, 0.6) is 0 Å². The van der Waals surface area contributed by atoms with E-state index in [-0.39, 0.29) is 29.3 Å². The summed E-state index contributed by atoms with van der Waals surface area (Å²) in [6.07, 6.45) is 8.64. The largest absolute Gasteiger partial charge is 0.481 e. The summed E-state index contributed by atoms with van der Waals surface area (Å²) in [6, 6.07) is 8.19.